The molecule has 156 valence electrons. The van der Waals surface area contributed by atoms with Crippen LogP contribution in [-0.2, 0) is 16.0 Å². The highest BCUT2D eigenvalue weighted by molar-refractivity contribution is 7.80. The zero-order valence-corrected chi connectivity index (χ0v) is 17.5. The Morgan fingerprint density at radius 3 is 2.38 bits per heavy atom. The van der Waals surface area contributed by atoms with Crippen molar-refractivity contribution in [2.75, 3.05) is 18.5 Å². The standard InChI is InChI=1S/C22H29N3O3S/c1-2-13-28-16-20(26)15-18(14-17-9-5-3-6-10-17)21(27)24-25-22(29)23-19-11-7-4-8-12-19/h3-12,18,20,26H,2,13-16H2,1H3,(H,24,27)(H2,23,25,29). The molecule has 0 saturated carbocycles. The lowest BCUT2D eigenvalue weighted by molar-refractivity contribution is -0.127. The predicted octanol–water partition coefficient (Wildman–Crippen LogP) is 3.04. The number of nitrogens with one attached hydrogen (secondary N) is 3. The van der Waals surface area contributed by atoms with E-state index >= 15 is 0 Å². The molecule has 1 amide bonds. The van der Waals surface area contributed by atoms with Crippen molar-refractivity contribution in [2.45, 2.75) is 32.3 Å². The van der Waals surface area contributed by atoms with Crippen LogP contribution in [0.5, 0.6) is 0 Å². The van der Waals surface area contributed by atoms with Crippen molar-refractivity contribution >= 4 is 28.9 Å². The van der Waals surface area contributed by atoms with Gasteiger partial charge in [-0.25, -0.2) is 0 Å². The summed E-state index contributed by atoms with van der Waals surface area (Å²) in [6, 6.07) is 19.2. The Kier molecular flexibility index (Phi) is 10.1. The van der Waals surface area contributed by atoms with Gasteiger partial charge in [-0.3, -0.25) is 15.6 Å². The minimum absolute atomic E-state index is 0.216. The summed E-state index contributed by atoms with van der Waals surface area (Å²) in [5, 5.41) is 13.6. The number of thiocarbonyl (C=S) groups is 1. The molecule has 4 N–H and O–H groups in total. The Morgan fingerprint density at radius 1 is 1.07 bits per heavy atom. The van der Waals surface area contributed by atoms with E-state index in [1.54, 1.807) is 0 Å². The number of hydrogen-bond donors (Lipinski definition) is 4. The molecule has 0 spiro atoms. The fraction of sp³-hybridized carbons (Fsp3) is 0.364. The van der Waals surface area contributed by atoms with Crippen LogP contribution >= 0.6 is 12.2 Å². The molecule has 6 nitrogen and oxygen atoms in total. The summed E-state index contributed by atoms with van der Waals surface area (Å²) in [4.78, 5) is 12.8. The fourth-order valence-electron chi connectivity index (χ4n) is 2.85. The molecule has 0 aliphatic heterocycles. The molecule has 0 aromatic heterocycles. The van der Waals surface area contributed by atoms with E-state index in [0.29, 0.717) is 19.4 Å². The Balaban J connectivity index is 1.91. The van der Waals surface area contributed by atoms with Gasteiger partial charge in [0.25, 0.3) is 0 Å². The molecule has 2 atom stereocenters. The van der Waals surface area contributed by atoms with E-state index in [9.17, 15) is 9.90 Å². The fourth-order valence-corrected chi connectivity index (χ4v) is 3.01. The highest BCUT2D eigenvalue weighted by atomic mass is 32.1. The summed E-state index contributed by atoms with van der Waals surface area (Å²) in [6.07, 6.45) is 0.981. The Morgan fingerprint density at radius 2 is 1.72 bits per heavy atom. The van der Waals surface area contributed by atoms with Crippen LogP contribution in [0.2, 0.25) is 0 Å². The van der Waals surface area contributed by atoms with Crippen molar-refractivity contribution < 1.29 is 14.6 Å². The largest absolute Gasteiger partial charge is 0.391 e. The molecule has 0 fully saturated rings. The summed E-state index contributed by atoms with van der Waals surface area (Å²) >= 11 is 5.22. The molecule has 0 radical (unpaired) electrons. The second-order valence-corrected chi connectivity index (χ2v) is 7.19. The third kappa shape index (κ3) is 9.04. The molecule has 7 heteroatoms. The maximum Gasteiger partial charge on any atom is 0.241 e. The van der Waals surface area contributed by atoms with E-state index in [-0.39, 0.29) is 17.6 Å². The lowest BCUT2D eigenvalue weighted by Crippen LogP contribution is -2.47. The van der Waals surface area contributed by atoms with E-state index in [1.807, 2.05) is 67.6 Å². The summed E-state index contributed by atoms with van der Waals surface area (Å²) in [5.41, 5.74) is 7.23. The van der Waals surface area contributed by atoms with Crippen molar-refractivity contribution in [1.29, 1.82) is 0 Å². The van der Waals surface area contributed by atoms with E-state index in [1.165, 1.54) is 0 Å². The Hall–Kier alpha value is -2.48. The molecular weight excluding hydrogens is 386 g/mol. The molecule has 0 aliphatic carbocycles. The van der Waals surface area contributed by atoms with Crippen molar-refractivity contribution in [3.05, 3.63) is 66.2 Å². The van der Waals surface area contributed by atoms with Gasteiger partial charge in [-0.05, 0) is 49.2 Å². The highest BCUT2D eigenvalue weighted by Gasteiger charge is 2.23. The number of rotatable bonds is 10. The van der Waals surface area contributed by atoms with Crippen LogP contribution in [0.1, 0.15) is 25.3 Å². The number of carbonyl (C=O) groups excluding carboxylic acids is 1. The van der Waals surface area contributed by atoms with E-state index < -0.39 is 12.0 Å². The number of anilines is 1. The number of hydrogen-bond acceptors (Lipinski definition) is 4. The average molecular weight is 416 g/mol. The minimum atomic E-state index is -0.713. The van der Waals surface area contributed by atoms with Gasteiger partial charge in [0, 0.05) is 18.2 Å². The first-order valence-electron chi connectivity index (χ1n) is 9.80. The molecule has 2 unspecified atom stereocenters. The van der Waals surface area contributed by atoms with Gasteiger partial charge in [0.15, 0.2) is 5.11 Å². The van der Waals surface area contributed by atoms with Crippen molar-refractivity contribution in [2.24, 2.45) is 5.92 Å². The first-order valence-corrected chi connectivity index (χ1v) is 10.2. The maximum atomic E-state index is 12.8. The number of carbonyl (C=O) groups is 1. The van der Waals surface area contributed by atoms with Gasteiger partial charge in [-0.1, -0.05) is 55.5 Å². The molecule has 0 heterocycles. The number of benzene rings is 2. The minimum Gasteiger partial charge on any atom is -0.391 e. The van der Waals surface area contributed by atoms with E-state index in [4.69, 9.17) is 17.0 Å². The zero-order chi connectivity index (χ0) is 20.9. The van der Waals surface area contributed by atoms with Gasteiger partial charge in [0.1, 0.15) is 0 Å². The number of amides is 1. The molecule has 0 bridgehead atoms. The van der Waals surface area contributed by atoms with Crippen LogP contribution < -0.4 is 16.2 Å². The van der Waals surface area contributed by atoms with Crippen LogP contribution in [0.25, 0.3) is 0 Å². The third-order valence-corrected chi connectivity index (χ3v) is 4.45. The van der Waals surface area contributed by atoms with Gasteiger partial charge in [0.2, 0.25) is 5.91 Å². The summed E-state index contributed by atoms with van der Waals surface area (Å²) in [6.45, 7) is 2.82. The van der Waals surface area contributed by atoms with Gasteiger partial charge in [0.05, 0.1) is 12.7 Å². The number of hydrazine groups is 1. The Bertz CT molecular complexity index is 743. The molecular formula is C22H29N3O3S. The normalized spacial score (nSPS) is 12.6. The van der Waals surface area contributed by atoms with Crippen molar-refractivity contribution in [3.8, 4) is 0 Å². The maximum absolute atomic E-state index is 12.8. The number of para-hydroxylation sites is 1. The van der Waals surface area contributed by atoms with Crippen LogP contribution in [0, 0.1) is 5.92 Å². The topological polar surface area (TPSA) is 82.6 Å². The average Bonchev–Trinajstić information content (AvgIpc) is 2.73. The molecule has 2 aromatic rings. The van der Waals surface area contributed by atoms with Crippen LogP contribution in [0.4, 0.5) is 5.69 Å². The van der Waals surface area contributed by atoms with Gasteiger partial charge >= 0.3 is 0 Å². The third-order valence-electron chi connectivity index (χ3n) is 4.24. The van der Waals surface area contributed by atoms with E-state index in [0.717, 1.165) is 17.7 Å². The number of ether oxygens (including phenoxy) is 1. The number of aliphatic hydroxyl groups excluding tert-OH is 1. The first kappa shape index (κ1) is 22.8. The van der Waals surface area contributed by atoms with E-state index in [2.05, 4.69) is 16.2 Å². The summed E-state index contributed by atoms with van der Waals surface area (Å²) in [7, 11) is 0. The lowest BCUT2D eigenvalue weighted by Gasteiger charge is -2.21. The molecule has 0 saturated heterocycles. The van der Waals surface area contributed by atoms with Crippen LogP contribution in [0.15, 0.2) is 60.7 Å². The second kappa shape index (κ2) is 12.9. The van der Waals surface area contributed by atoms with Crippen molar-refractivity contribution in [3.63, 3.8) is 0 Å². The van der Waals surface area contributed by atoms with Gasteiger partial charge in [-0.15, -0.1) is 0 Å². The number of aliphatic hydroxyl groups is 1. The monoisotopic (exact) mass is 415 g/mol. The predicted molar refractivity (Wildman–Crippen MR) is 119 cm³/mol. The highest BCUT2D eigenvalue weighted by Crippen LogP contribution is 2.15. The SMILES string of the molecule is CCCOCC(O)CC(Cc1ccccc1)C(=O)NNC(=S)Nc1ccccc1. The molecule has 29 heavy (non-hydrogen) atoms. The smallest absolute Gasteiger partial charge is 0.241 e. The first-order chi connectivity index (χ1) is 14.1. The second-order valence-electron chi connectivity index (χ2n) is 6.79. The molecule has 0 aliphatic rings. The van der Waals surface area contributed by atoms with Crippen LogP contribution in [-0.4, -0.2) is 35.4 Å². The zero-order valence-electron chi connectivity index (χ0n) is 16.6. The summed E-state index contributed by atoms with van der Waals surface area (Å²) in [5.74, 6) is -0.662. The van der Waals surface area contributed by atoms with Crippen molar-refractivity contribution in [1.82, 2.24) is 10.9 Å². The lowest BCUT2D eigenvalue weighted by atomic mass is 9.93. The summed E-state index contributed by atoms with van der Waals surface area (Å²) < 4.78 is 5.41. The van der Waals surface area contributed by atoms with Crippen LogP contribution in [0.3, 0.4) is 0 Å². The molecule has 2 rings (SSSR count). The Labute approximate surface area is 177 Å². The van der Waals surface area contributed by atoms with Gasteiger partial charge in [-0.2, -0.15) is 0 Å². The molecule has 2 aromatic carbocycles. The van der Waals surface area contributed by atoms with Gasteiger partial charge < -0.3 is 15.2 Å². The quantitative estimate of drug-likeness (QED) is 0.271.